The molecule has 0 aliphatic rings. The Morgan fingerprint density at radius 3 is 1.93 bits per heavy atom. The van der Waals surface area contributed by atoms with Gasteiger partial charge in [0.1, 0.15) is 0 Å². The van der Waals surface area contributed by atoms with Crippen molar-refractivity contribution < 1.29 is 39.1 Å². The summed E-state index contributed by atoms with van der Waals surface area (Å²) in [5.41, 5.74) is 1.81. The van der Waals surface area contributed by atoms with E-state index in [1.54, 1.807) is 14.2 Å². The van der Waals surface area contributed by atoms with Gasteiger partial charge in [-0.25, -0.2) is 4.42 Å². The number of rotatable bonds is 3. The van der Waals surface area contributed by atoms with Gasteiger partial charge in [0.15, 0.2) is 11.5 Å². The molecular weight excluding hydrogens is 397 g/mol. The predicted octanol–water partition coefficient (Wildman–Crippen LogP) is 7.78. The molecule has 0 atom stereocenters. The molecule has 2 aromatic carbocycles. The van der Waals surface area contributed by atoms with Gasteiger partial charge in [0.05, 0.1) is 25.2 Å². The molecule has 0 saturated heterocycles. The van der Waals surface area contributed by atoms with Crippen LogP contribution >= 0.6 is 7.81 Å². The molecule has 0 bridgehead atoms. The van der Waals surface area contributed by atoms with Crippen LogP contribution in [0.4, 0.5) is 25.2 Å². The Kier molecular flexibility index (Phi) is 5.05. The quantitative estimate of drug-likeness (QED) is 0.250. The SMILES string of the molecule is COc1ccc(-c2ccc3ccccc3[o+]2)cc1OC.F[P-](F)(F)(F)(F)F. The standard InChI is InChI=1S/C17H15O3.F6P/c1-18-16-10-8-13(11-17(16)19-2)15-9-7-12-5-3-4-6-14(12)20-15;1-7(2,3,4,5)6/h3-11H,1-2H3;/q+1;-1. The van der Waals surface area contributed by atoms with Crippen LogP contribution in [0, 0.1) is 0 Å². The Balaban J connectivity index is 0.000000321. The van der Waals surface area contributed by atoms with E-state index in [0.29, 0.717) is 11.5 Å². The molecule has 3 rings (SSSR count). The summed E-state index contributed by atoms with van der Waals surface area (Å²) in [6.07, 6.45) is 0. The second-order valence-electron chi connectivity index (χ2n) is 5.37. The Hall–Kier alpha value is -2.54. The van der Waals surface area contributed by atoms with Gasteiger partial charge in [0.25, 0.3) is 0 Å². The van der Waals surface area contributed by atoms with Crippen molar-refractivity contribution in [1.82, 2.24) is 0 Å². The minimum absolute atomic E-state index is 0.688. The van der Waals surface area contributed by atoms with Gasteiger partial charge in [-0.2, -0.15) is 0 Å². The number of fused-ring (bicyclic) bond motifs is 1. The monoisotopic (exact) mass is 412 g/mol. The first-order chi connectivity index (χ1) is 12.3. The zero-order valence-electron chi connectivity index (χ0n) is 14.1. The van der Waals surface area contributed by atoms with Crippen LogP contribution in [0.5, 0.6) is 11.5 Å². The van der Waals surface area contributed by atoms with Gasteiger partial charge in [-0.1, -0.05) is 12.1 Å². The van der Waals surface area contributed by atoms with E-state index in [0.717, 1.165) is 22.3 Å². The van der Waals surface area contributed by atoms with Crippen molar-refractivity contribution in [2.45, 2.75) is 0 Å². The molecule has 1 heterocycles. The minimum atomic E-state index is -10.7. The van der Waals surface area contributed by atoms with Crippen molar-refractivity contribution in [3.05, 3.63) is 54.6 Å². The Morgan fingerprint density at radius 2 is 1.33 bits per heavy atom. The van der Waals surface area contributed by atoms with Gasteiger partial charge >= 0.3 is 44.3 Å². The van der Waals surface area contributed by atoms with Crippen LogP contribution in [0.3, 0.4) is 0 Å². The fourth-order valence-corrected chi connectivity index (χ4v) is 2.17. The van der Waals surface area contributed by atoms with Crippen molar-refractivity contribution in [3.63, 3.8) is 0 Å². The molecule has 0 aliphatic carbocycles. The number of hydrogen-bond acceptors (Lipinski definition) is 2. The van der Waals surface area contributed by atoms with Gasteiger partial charge < -0.3 is 9.47 Å². The summed E-state index contributed by atoms with van der Waals surface area (Å²) in [7, 11) is -7.41. The third-order valence-electron chi connectivity index (χ3n) is 3.22. The number of ether oxygens (including phenoxy) is 2. The average molecular weight is 412 g/mol. The molecule has 0 amide bonds. The van der Waals surface area contributed by atoms with Crippen molar-refractivity contribution in [1.29, 1.82) is 0 Å². The third-order valence-corrected chi connectivity index (χ3v) is 3.22. The molecule has 3 aromatic rings. The van der Waals surface area contributed by atoms with Gasteiger partial charge in [0.2, 0.25) is 0 Å². The molecular formula is C17H15F6O3P. The molecule has 3 nitrogen and oxygen atoms in total. The number of hydrogen-bond donors (Lipinski definition) is 0. The van der Waals surface area contributed by atoms with E-state index >= 15 is 0 Å². The molecule has 10 heteroatoms. The average Bonchev–Trinajstić information content (AvgIpc) is 2.58. The van der Waals surface area contributed by atoms with Crippen molar-refractivity contribution in [3.8, 4) is 22.8 Å². The van der Waals surface area contributed by atoms with E-state index in [1.165, 1.54) is 0 Å². The van der Waals surface area contributed by atoms with Gasteiger partial charge in [0, 0.05) is 18.2 Å². The van der Waals surface area contributed by atoms with E-state index in [2.05, 4.69) is 0 Å². The second-order valence-corrected chi connectivity index (χ2v) is 7.28. The summed E-state index contributed by atoms with van der Waals surface area (Å²) in [5, 5.41) is 1.08. The molecule has 1 aromatic heterocycles. The molecule has 0 N–H and O–H groups in total. The first kappa shape index (κ1) is 20.8. The first-order valence-corrected chi connectivity index (χ1v) is 9.40. The van der Waals surface area contributed by atoms with Crippen LogP contribution in [0.1, 0.15) is 0 Å². The molecule has 148 valence electrons. The Bertz CT molecular complexity index is 947. The fraction of sp³-hybridized carbons (Fsp3) is 0.118. The molecule has 0 aliphatic heterocycles. The first-order valence-electron chi connectivity index (χ1n) is 7.37. The van der Waals surface area contributed by atoms with E-state index in [1.807, 2.05) is 54.6 Å². The normalized spacial score (nSPS) is 13.8. The van der Waals surface area contributed by atoms with Gasteiger partial charge in [-0.05, 0) is 24.3 Å². The van der Waals surface area contributed by atoms with E-state index in [-0.39, 0.29) is 0 Å². The Morgan fingerprint density at radius 1 is 0.741 bits per heavy atom. The Labute approximate surface area is 150 Å². The third kappa shape index (κ3) is 7.30. The van der Waals surface area contributed by atoms with Crippen molar-refractivity contribution in [2.24, 2.45) is 0 Å². The van der Waals surface area contributed by atoms with Crippen molar-refractivity contribution >= 4 is 18.8 Å². The molecule has 0 radical (unpaired) electrons. The van der Waals surface area contributed by atoms with E-state index in [4.69, 9.17) is 13.9 Å². The fourth-order valence-electron chi connectivity index (χ4n) is 2.17. The van der Waals surface area contributed by atoms with Crippen LogP contribution < -0.4 is 9.47 Å². The number of benzene rings is 2. The predicted molar refractivity (Wildman–Crippen MR) is 92.7 cm³/mol. The van der Waals surface area contributed by atoms with Crippen LogP contribution in [0.15, 0.2) is 59.0 Å². The van der Waals surface area contributed by atoms with Crippen LogP contribution in [0.2, 0.25) is 0 Å². The maximum atomic E-state index is 9.87. The van der Waals surface area contributed by atoms with Gasteiger partial charge in [-0.15, -0.1) is 0 Å². The molecule has 0 fully saturated rings. The van der Waals surface area contributed by atoms with Crippen LogP contribution in [-0.4, -0.2) is 14.2 Å². The van der Waals surface area contributed by atoms with E-state index < -0.39 is 7.81 Å². The summed E-state index contributed by atoms with van der Waals surface area (Å²) in [5.74, 6) is 2.19. The number of methoxy groups -OCH3 is 2. The molecule has 0 unspecified atom stereocenters. The zero-order valence-corrected chi connectivity index (χ0v) is 15.0. The second kappa shape index (κ2) is 6.56. The summed E-state index contributed by atoms with van der Waals surface area (Å²) in [6.45, 7) is 0. The zero-order chi connectivity index (χ0) is 20.4. The van der Waals surface area contributed by atoms with Crippen LogP contribution in [0.25, 0.3) is 22.3 Å². The molecule has 0 saturated carbocycles. The molecule has 27 heavy (non-hydrogen) atoms. The summed E-state index contributed by atoms with van der Waals surface area (Å²) in [6, 6.07) is 17.7. The number of para-hydroxylation sites is 1. The summed E-state index contributed by atoms with van der Waals surface area (Å²) < 4.78 is 75.7. The summed E-state index contributed by atoms with van der Waals surface area (Å²) in [4.78, 5) is 0. The van der Waals surface area contributed by atoms with Gasteiger partial charge in [-0.3, -0.25) is 0 Å². The van der Waals surface area contributed by atoms with Crippen LogP contribution in [-0.2, 0) is 0 Å². The van der Waals surface area contributed by atoms with E-state index in [9.17, 15) is 25.2 Å². The maximum absolute atomic E-state index is 10.7. The molecule has 0 spiro atoms. The topological polar surface area (TPSA) is 29.8 Å². The summed E-state index contributed by atoms with van der Waals surface area (Å²) >= 11 is 0. The number of halogens is 6. The van der Waals surface area contributed by atoms with Crippen molar-refractivity contribution in [2.75, 3.05) is 14.2 Å².